The second kappa shape index (κ2) is 9.27. The van der Waals surface area contributed by atoms with E-state index in [1.165, 1.54) is 16.2 Å². The quantitative estimate of drug-likeness (QED) is 0.349. The van der Waals surface area contributed by atoms with Crippen LogP contribution in [0.25, 0.3) is 10.6 Å². The summed E-state index contributed by atoms with van der Waals surface area (Å²) < 4.78 is 0. The Balaban J connectivity index is 1.61. The Labute approximate surface area is 207 Å². The van der Waals surface area contributed by atoms with E-state index < -0.39 is 23.5 Å². The summed E-state index contributed by atoms with van der Waals surface area (Å²) in [5, 5.41) is 11.7. The lowest BCUT2D eigenvalue weighted by Gasteiger charge is -2.26. The lowest BCUT2D eigenvalue weighted by atomic mass is 9.96. The molecule has 0 fully saturated rings. The number of Topliss-reactive ketones (excluding diaryl/α,β-unsaturated/α-hetero) is 1. The number of aromatic nitrogens is 2. The van der Waals surface area contributed by atoms with Crippen molar-refractivity contribution in [2.45, 2.75) is 26.3 Å². The number of aryl methyl sites for hydroxylation is 2. The minimum atomic E-state index is -0.808. The number of aliphatic hydroxyl groups excluding tert-OH is 1. The van der Waals surface area contributed by atoms with Crippen molar-refractivity contribution in [3.8, 4) is 10.6 Å². The van der Waals surface area contributed by atoms with Crippen LogP contribution in [0, 0.1) is 6.92 Å². The SMILES string of the molecule is CCc1ccc(N2C(=O)C(O)=C(C(=O)c3sc(-c4ccccc4)nc3C)C2c2cccnc2)cc1. The lowest BCUT2D eigenvalue weighted by Crippen LogP contribution is -2.31. The first-order chi connectivity index (χ1) is 17.0. The fourth-order valence-electron chi connectivity index (χ4n) is 4.28. The maximum absolute atomic E-state index is 13.9. The largest absolute Gasteiger partial charge is 0.503 e. The maximum Gasteiger partial charge on any atom is 0.294 e. The molecule has 1 amide bonds. The van der Waals surface area contributed by atoms with E-state index in [1.807, 2.05) is 54.6 Å². The molecule has 0 saturated carbocycles. The van der Waals surface area contributed by atoms with Crippen molar-refractivity contribution >= 4 is 28.7 Å². The first-order valence-electron chi connectivity index (χ1n) is 11.3. The molecule has 2 aromatic carbocycles. The van der Waals surface area contributed by atoms with Crippen LogP contribution in [-0.2, 0) is 11.2 Å². The average Bonchev–Trinajstić information content (AvgIpc) is 3.42. The van der Waals surface area contributed by atoms with Gasteiger partial charge < -0.3 is 5.11 Å². The summed E-state index contributed by atoms with van der Waals surface area (Å²) >= 11 is 1.26. The summed E-state index contributed by atoms with van der Waals surface area (Å²) in [6.07, 6.45) is 4.11. The number of anilines is 1. The predicted octanol–water partition coefficient (Wildman–Crippen LogP) is 5.86. The highest BCUT2D eigenvalue weighted by Crippen LogP contribution is 2.43. The molecule has 3 heterocycles. The number of hydrogen-bond acceptors (Lipinski definition) is 6. The highest BCUT2D eigenvalue weighted by Gasteiger charge is 2.45. The number of carbonyl (C=O) groups is 2. The number of nitrogens with zero attached hydrogens (tertiary/aromatic N) is 3. The minimum Gasteiger partial charge on any atom is -0.503 e. The predicted molar refractivity (Wildman–Crippen MR) is 137 cm³/mol. The summed E-state index contributed by atoms with van der Waals surface area (Å²) in [5.74, 6) is -1.57. The van der Waals surface area contributed by atoms with Crippen molar-refractivity contribution in [3.05, 3.63) is 112 Å². The molecule has 1 N–H and O–H groups in total. The zero-order valence-electron chi connectivity index (χ0n) is 19.3. The molecule has 1 aliphatic heterocycles. The van der Waals surface area contributed by atoms with Gasteiger partial charge in [-0.25, -0.2) is 4.98 Å². The molecule has 2 aromatic heterocycles. The summed E-state index contributed by atoms with van der Waals surface area (Å²) in [4.78, 5) is 37.9. The summed E-state index contributed by atoms with van der Waals surface area (Å²) in [5.41, 5.74) is 3.86. The van der Waals surface area contributed by atoms with Gasteiger partial charge in [0.2, 0.25) is 5.78 Å². The number of aliphatic hydroxyl groups is 1. The molecular formula is C28H23N3O3S. The maximum atomic E-state index is 13.9. The van der Waals surface area contributed by atoms with Crippen LogP contribution >= 0.6 is 11.3 Å². The third-order valence-electron chi connectivity index (χ3n) is 6.10. The molecule has 6 nitrogen and oxygen atoms in total. The Kier molecular flexibility index (Phi) is 6.01. The molecule has 35 heavy (non-hydrogen) atoms. The Morgan fingerprint density at radius 2 is 1.80 bits per heavy atom. The van der Waals surface area contributed by atoms with Gasteiger partial charge in [-0.15, -0.1) is 11.3 Å². The standard InChI is InChI=1S/C28H23N3O3S/c1-3-18-11-13-21(14-12-18)31-23(20-10-7-15-29-16-20)22(25(33)28(31)34)24(32)26-17(2)30-27(35-26)19-8-5-4-6-9-19/h4-16,23,33H,3H2,1-2H3. The number of carbonyl (C=O) groups excluding carboxylic acids is 2. The van der Waals surface area contributed by atoms with Gasteiger partial charge in [-0.3, -0.25) is 19.5 Å². The number of pyridine rings is 1. The summed E-state index contributed by atoms with van der Waals surface area (Å²) in [7, 11) is 0. The first kappa shape index (κ1) is 22.7. The van der Waals surface area contributed by atoms with Gasteiger partial charge in [-0.2, -0.15) is 0 Å². The van der Waals surface area contributed by atoms with E-state index in [-0.39, 0.29) is 5.57 Å². The van der Waals surface area contributed by atoms with E-state index in [0.29, 0.717) is 26.8 Å². The fraction of sp³-hybridized carbons (Fsp3) is 0.143. The lowest BCUT2D eigenvalue weighted by molar-refractivity contribution is -0.117. The summed E-state index contributed by atoms with van der Waals surface area (Å²) in [6.45, 7) is 3.82. The van der Waals surface area contributed by atoms with Crippen molar-refractivity contribution in [2.75, 3.05) is 4.90 Å². The van der Waals surface area contributed by atoms with Crippen LogP contribution in [0.4, 0.5) is 5.69 Å². The normalized spacial score (nSPS) is 15.7. The zero-order chi connectivity index (χ0) is 24.5. The van der Waals surface area contributed by atoms with Crippen molar-refractivity contribution in [2.24, 2.45) is 0 Å². The van der Waals surface area contributed by atoms with Gasteiger partial charge in [0, 0.05) is 23.6 Å². The van der Waals surface area contributed by atoms with Crippen molar-refractivity contribution in [1.29, 1.82) is 0 Å². The third-order valence-corrected chi connectivity index (χ3v) is 7.30. The Morgan fingerprint density at radius 1 is 1.06 bits per heavy atom. The van der Waals surface area contributed by atoms with E-state index in [0.717, 1.165) is 17.5 Å². The molecule has 0 saturated heterocycles. The first-order valence-corrected chi connectivity index (χ1v) is 12.1. The van der Waals surface area contributed by atoms with E-state index >= 15 is 0 Å². The number of amides is 1. The summed E-state index contributed by atoms with van der Waals surface area (Å²) in [6, 6.07) is 19.9. The van der Waals surface area contributed by atoms with Crippen LogP contribution in [0.15, 0.2) is 90.5 Å². The van der Waals surface area contributed by atoms with E-state index in [1.54, 1.807) is 31.5 Å². The molecule has 0 radical (unpaired) electrons. The van der Waals surface area contributed by atoms with Crippen LogP contribution in [0.5, 0.6) is 0 Å². The Hall–Kier alpha value is -4.10. The molecule has 4 aromatic rings. The van der Waals surface area contributed by atoms with Gasteiger partial charge in [-0.05, 0) is 42.7 Å². The van der Waals surface area contributed by atoms with Crippen LogP contribution < -0.4 is 4.90 Å². The minimum absolute atomic E-state index is 0.0360. The molecule has 1 aliphatic rings. The topological polar surface area (TPSA) is 83.4 Å². The zero-order valence-corrected chi connectivity index (χ0v) is 20.1. The van der Waals surface area contributed by atoms with Gasteiger partial charge in [-0.1, -0.05) is 55.5 Å². The molecule has 1 atom stereocenters. The number of hydrogen-bond donors (Lipinski definition) is 1. The Morgan fingerprint density at radius 3 is 2.46 bits per heavy atom. The van der Waals surface area contributed by atoms with Gasteiger partial charge in [0.15, 0.2) is 5.76 Å². The second-order valence-corrected chi connectivity index (χ2v) is 9.27. The van der Waals surface area contributed by atoms with Crippen LogP contribution in [0.2, 0.25) is 0 Å². The second-order valence-electron chi connectivity index (χ2n) is 8.28. The highest BCUT2D eigenvalue weighted by molar-refractivity contribution is 7.17. The van der Waals surface area contributed by atoms with E-state index in [2.05, 4.69) is 16.9 Å². The van der Waals surface area contributed by atoms with Crippen molar-refractivity contribution in [3.63, 3.8) is 0 Å². The third kappa shape index (κ3) is 4.04. The highest BCUT2D eigenvalue weighted by atomic mass is 32.1. The number of benzene rings is 2. The van der Waals surface area contributed by atoms with Crippen LogP contribution in [0.1, 0.15) is 39.5 Å². The number of rotatable bonds is 6. The molecule has 0 aliphatic carbocycles. The van der Waals surface area contributed by atoms with Gasteiger partial charge >= 0.3 is 0 Å². The molecule has 5 rings (SSSR count). The molecule has 0 spiro atoms. The van der Waals surface area contributed by atoms with Crippen molar-refractivity contribution in [1.82, 2.24) is 9.97 Å². The van der Waals surface area contributed by atoms with Crippen molar-refractivity contribution < 1.29 is 14.7 Å². The average molecular weight is 482 g/mol. The molecular weight excluding hydrogens is 458 g/mol. The smallest absolute Gasteiger partial charge is 0.294 e. The van der Waals surface area contributed by atoms with Crippen LogP contribution in [0.3, 0.4) is 0 Å². The van der Waals surface area contributed by atoms with Gasteiger partial charge in [0.1, 0.15) is 5.01 Å². The monoisotopic (exact) mass is 481 g/mol. The molecule has 174 valence electrons. The van der Waals surface area contributed by atoms with E-state index in [9.17, 15) is 14.7 Å². The van der Waals surface area contributed by atoms with Gasteiger partial charge in [0.25, 0.3) is 5.91 Å². The van der Waals surface area contributed by atoms with Gasteiger partial charge in [0.05, 0.1) is 22.2 Å². The van der Waals surface area contributed by atoms with Crippen LogP contribution in [-0.4, -0.2) is 26.8 Å². The fourth-order valence-corrected chi connectivity index (χ4v) is 5.31. The molecule has 0 bridgehead atoms. The molecule has 1 unspecified atom stereocenters. The van der Waals surface area contributed by atoms with E-state index in [4.69, 9.17) is 0 Å². The number of ketones is 1. The molecule has 7 heteroatoms. The Bertz CT molecular complexity index is 1430. The number of thiazole rings is 1.